The number of nitrogens with one attached hydrogen (secondary N) is 2. The van der Waals surface area contributed by atoms with E-state index in [0.717, 1.165) is 10.9 Å². The van der Waals surface area contributed by atoms with Gasteiger partial charge in [-0.3, -0.25) is 4.79 Å². The van der Waals surface area contributed by atoms with Gasteiger partial charge in [0.1, 0.15) is 0 Å². The molecule has 1 heterocycles. The van der Waals surface area contributed by atoms with Gasteiger partial charge in [-0.2, -0.15) is 0 Å². The molecule has 0 bridgehead atoms. The zero-order valence-corrected chi connectivity index (χ0v) is 16.2. The highest BCUT2D eigenvalue weighted by Crippen LogP contribution is 2.20. The Kier molecular flexibility index (Phi) is 5.62. The lowest BCUT2D eigenvalue weighted by Crippen LogP contribution is -2.25. The van der Waals surface area contributed by atoms with Crippen LogP contribution in [0.15, 0.2) is 59.6 Å². The van der Waals surface area contributed by atoms with E-state index in [9.17, 15) is 18.0 Å². The summed E-state index contributed by atoms with van der Waals surface area (Å²) in [6.45, 7) is 3.38. The normalized spacial score (nSPS) is 12.6. The van der Waals surface area contributed by atoms with Crippen LogP contribution in [0.2, 0.25) is 0 Å². The van der Waals surface area contributed by atoms with Crippen molar-refractivity contribution in [2.24, 2.45) is 0 Å². The third kappa shape index (κ3) is 3.97. The quantitative estimate of drug-likeness (QED) is 0.469. The molecule has 0 fully saturated rings. The number of sulfonamides is 1. The summed E-state index contributed by atoms with van der Waals surface area (Å²) in [6.07, 6.45) is 0.557. The molecule has 2 aromatic carbocycles. The number of benzene rings is 2. The smallest absolute Gasteiger partial charge is 0.338 e. The molecule has 0 amide bonds. The van der Waals surface area contributed by atoms with Crippen molar-refractivity contribution in [1.82, 2.24) is 9.71 Å². The molecule has 3 aromatic rings. The zero-order chi connectivity index (χ0) is 20.3. The van der Waals surface area contributed by atoms with Gasteiger partial charge in [0, 0.05) is 29.2 Å². The van der Waals surface area contributed by atoms with E-state index in [2.05, 4.69) is 9.71 Å². The number of hydrogen-bond donors (Lipinski definition) is 2. The van der Waals surface area contributed by atoms with E-state index in [0.29, 0.717) is 5.56 Å². The van der Waals surface area contributed by atoms with Crippen molar-refractivity contribution in [2.45, 2.75) is 24.8 Å². The van der Waals surface area contributed by atoms with Gasteiger partial charge in [-0.25, -0.2) is 17.9 Å². The van der Waals surface area contributed by atoms with E-state index >= 15 is 0 Å². The van der Waals surface area contributed by atoms with Crippen LogP contribution in [-0.2, 0) is 14.8 Å². The first-order valence-electron chi connectivity index (χ1n) is 8.74. The maximum absolute atomic E-state index is 12.7. The third-order valence-electron chi connectivity index (χ3n) is 4.22. The molecule has 1 unspecified atom stereocenters. The molecular formula is C20H20N2O5S. The van der Waals surface area contributed by atoms with Crippen LogP contribution in [0.3, 0.4) is 0 Å². The Labute approximate surface area is 162 Å². The van der Waals surface area contributed by atoms with Crippen LogP contribution in [0.4, 0.5) is 0 Å². The lowest BCUT2D eigenvalue weighted by Gasteiger charge is -2.12. The number of Topliss-reactive ketones (excluding diaryl/α,β-unsaturated/α-hetero) is 1. The largest absolute Gasteiger partial charge is 0.451 e. The van der Waals surface area contributed by atoms with Crippen LogP contribution in [-0.4, -0.2) is 37.8 Å². The number of esters is 1. The molecule has 28 heavy (non-hydrogen) atoms. The number of ketones is 1. The summed E-state index contributed by atoms with van der Waals surface area (Å²) in [6, 6.07) is 12.8. The number of carbonyl (C=O) groups is 2. The van der Waals surface area contributed by atoms with Crippen LogP contribution >= 0.6 is 0 Å². The molecule has 0 aliphatic heterocycles. The predicted octanol–water partition coefficient (Wildman–Crippen LogP) is 2.89. The fourth-order valence-electron chi connectivity index (χ4n) is 2.84. The van der Waals surface area contributed by atoms with Crippen LogP contribution in [0.1, 0.15) is 34.6 Å². The van der Waals surface area contributed by atoms with E-state index in [-0.39, 0.29) is 22.8 Å². The fraction of sp³-hybridized carbons (Fsp3) is 0.200. The number of carbonyl (C=O) groups excluding carboxylic acids is 2. The first-order chi connectivity index (χ1) is 13.3. The molecule has 3 rings (SSSR count). The van der Waals surface area contributed by atoms with E-state index in [1.165, 1.54) is 31.2 Å². The second-order valence-corrected chi connectivity index (χ2v) is 7.96. The van der Waals surface area contributed by atoms with Crippen molar-refractivity contribution in [3.63, 3.8) is 0 Å². The minimum Gasteiger partial charge on any atom is -0.451 e. The van der Waals surface area contributed by atoms with Gasteiger partial charge in [0.05, 0.1) is 10.5 Å². The summed E-state index contributed by atoms with van der Waals surface area (Å²) in [4.78, 5) is 28.1. The average molecular weight is 400 g/mol. The Morgan fingerprint density at radius 2 is 1.89 bits per heavy atom. The SMILES string of the molecule is CCNS(=O)(=O)c1cccc(C(=O)OC(C)C(=O)c2c[nH]c3ccccc23)c1. The molecule has 7 nitrogen and oxygen atoms in total. The zero-order valence-electron chi connectivity index (χ0n) is 15.4. The minimum absolute atomic E-state index is 0.0422. The highest BCUT2D eigenvalue weighted by molar-refractivity contribution is 7.89. The maximum Gasteiger partial charge on any atom is 0.338 e. The molecule has 1 aromatic heterocycles. The Bertz CT molecular complexity index is 1130. The number of aromatic nitrogens is 1. The number of rotatable bonds is 7. The van der Waals surface area contributed by atoms with Gasteiger partial charge >= 0.3 is 5.97 Å². The predicted molar refractivity (Wildman–Crippen MR) is 105 cm³/mol. The second-order valence-electron chi connectivity index (χ2n) is 6.19. The molecule has 146 valence electrons. The molecule has 8 heteroatoms. The highest BCUT2D eigenvalue weighted by Gasteiger charge is 2.23. The number of fused-ring (bicyclic) bond motifs is 1. The first-order valence-corrected chi connectivity index (χ1v) is 10.2. The van der Waals surface area contributed by atoms with Crippen molar-refractivity contribution < 1.29 is 22.7 Å². The summed E-state index contributed by atoms with van der Waals surface area (Å²) < 4.78 is 31.8. The van der Waals surface area contributed by atoms with Gasteiger partial charge in [-0.1, -0.05) is 31.2 Å². The summed E-state index contributed by atoms with van der Waals surface area (Å²) >= 11 is 0. The summed E-state index contributed by atoms with van der Waals surface area (Å²) in [5.74, 6) is -1.11. The standard InChI is InChI=1S/C20H20N2O5S/c1-3-22-28(25,26)15-8-6-7-14(11-15)20(24)27-13(2)19(23)17-12-21-18-10-5-4-9-16(17)18/h4-13,21-22H,3H2,1-2H3. The maximum atomic E-state index is 12.7. The molecule has 0 spiro atoms. The highest BCUT2D eigenvalue weighted by atomic mass is 32.2. The van der Waals surface area contributed by atoms with Gasteiger partial charge in [-0.05, 0) is 31.2 Å². The van der Waals surface area contributed by atoms with Gasteiger partial charge in [0.25, 0.3) is 0 Å². The van der Waals surface area contributed by atoms with Gasteiger partial charge in [0.15, 0.2) is 6.10 Å². The van der Waals surface area contributed by atoms with E-state index in [1.807, 2.05) is 24.3 Å². The van der Waals surface area contributed by atoms with Crippen LogP contribution in [0.5, 0.6) is 0 Å². The second kappa shape index (κ2) is 7.95. The minimum atomic E-state index is -3.70. The monoisotopic (exact) mass is 400 g/mol. The van der Waals surface area contributed by atoms with Gasteiger partial charge in [0.2, 0.25) is 15.8 Å². The molecule has 2 N–H and O–H groups in total. The van der Waals surface area contributed by atoms with Gasteiger partial charge in [-0.15, -0.1) is 0 Å². The molecule has 0 radical (unpaired) electrons. The lowest BCUT2D eigenvalue weighted by molar-refractivity contribution is 0.0319. The van der Waals surface area contributed by atoms with Crippen molar-refractivity contribution in [3.8, 4) is 0 Å². The molecule has 0 saturated carbocycles. The van der Waals surface area contributed by atoms with Crippen LogP contribution < -0.4 is 4.72 Å². The third-order valence-corrected chi connectivity index (χ3v) is 5.77. The Hall–Kier alpha value is -2.97. The number of H-pyrrole nitrogens is 1. The number of ether oxygens (including phenoxy) is 1. The van der Waals surface area contributed by atoms with E-state index < -0.39 is 22.1 Å². The molecule has 0 saturated heterocycles. The summed E-state index contributed by atoms with van der Waals surface area (Å²) in [7, 11) is -3.70. The Balaban J connectivity index is 1.78. The number of para-hydroxylation sites is 1. The number of aromatic amines is 1. The Morgan fingerprint density at radius 1 is 1.14 bits per heavy atom. The summed E-state index contributed by atoms with van der Waals surface area (Å²) in [5.41, 5.74) is 1.29. The molecule has 0 aliphatic rings. The summed E-state index contributed by atoms with van der Waals surface area (Å²) in [5, 5.41) is 0.745. The van der Waals surface area contributed by atoms with Crippen molar-refractivity contribution in [1.29, 1.82) is 0 Å². The topological polar surface area (TPSA) is 105 Å². The van der Waals surface area contributed by atoms with Crippen LogP contribution in [0.25, 0.3) is 10.9 Å². The van der Waals surface area contributed by atoms with Crippen molar-refractivity contribution >= 4 is 32.7 Å². The molecule has 0 aliphatic carbocycles. The van der Waals surface area contributed by atoms with Crippen LogP contribution in [0, 0.1) is 0 Å². The Morgan fingerprint density at radius 3 is 2.64 bits per heavy atom. The van der Waals surface area contributed by atoms with Crippen molar-refractivity contribution in [3.05, 3.63) is 65.9 Å². The van der Waals surface area contributed by atoms with Gasteiger partial charge < -0.3 is 9.72 Å². The average Bonchev–Trinajstić information content (AvgIpc) is 3.11. The first kappa shape index (κ1) is 19.8. The fourth-order valence-corrected chi connectivity index (χ4v) is 3.93. The molecule has 1 atom stereocenters. The lowest BCUT2D eigenvalue weighted by atomic mass is 10.1. The van der Waals surface area contributed by atoms with E-state index in [4.69, 9.17) is 4.74 Å². The molecular weight excluding hydrogens is 380 g/mol. The number of hydrogen-bond acceptors (Lipinski definition) is 5. The van der Waals surface area contributed by atoms with E-state index in [1.54, 1.807) is 13.1 Å². The van der Waals surface area contributed by atoms with Crippen molar-refractivity contribution in [2.75, 3.05) is 6.54 Å².